The zero-order valence-electron chi connectivity index (χ0n) is 17.9. The number of hydrogen-bond donors (Lipinski definition) is 6. The van der Waals surface area contributed by atoms with Crippen LogP contribution in [0.15, 0.2) is 24.3 Å². The van der Waals surface area contributed by atoms with Crippen LogP contribution in [0, 0.1) is 0 Å². The molecule has 1 rings (SSSR count). The van der Waals surface area contributed by atoms with Gasteiger partial charge in [-0.15, -0.1) is 6.58 Å². The van der Waals surface area contributed by atoms with E-state index in [1.54, 1.807) is 20.8 Å². The van der Waals surface area contributed by atoms with Gasteiger partial charge in [0.15, 0.2) is 6.29 Å². The second-order valence-electron chi connectivity index (χ2n) is 8.66. The predicted molar refractivity (Wildman–Crippen MR) is 108 cm³/mol. The minimum atomic E-state index is -1.53. The van der Waals surface area contributed by atoms with Crippen LogP contribution in [-0.2, 0) is 9.47 Å². The largest absolute Gasteiger partial charge is 0.394 e. The Kier molecular flexibility index (Phi) is 9.91. The first-order valence-electron chi connectivity index (χ1n) is 10.0. The van der Waals surface area contributed by atoms with Crippen molar-refractivity contribution in [2.75, 3.05) is 6.61 Å². The van der Waals surface area contributed by atoms with Crippen LogP contribution in [0.3, 0.4) is 0 Å². The third-order valence-corrected chi connectivity index (χ3v) is 5.32. The molecule has 7 atom stereocenters. The fourth-order valence-electron chi connectivity index (χ4n) is 3.10. The van der Waals surface area contributed by atoms with Gasteiger partial charge in [0.25, 0.3) is 0 Å². The first-order valence-corrected chi connectivity index (χ1v) is 10.0. The van der Waals surface area contributed by atoms with Crippen LogP contribution in [0.25, 0.3) is 0 Å². The molecule has 0 bridgehead atoms. The first kappa shape index (κ1) is 26.2. The summed E-state index contributed by atoms with van der Waals surface area (Å²) in [4.78, 5) is 0. The second kappa shape index (κ2) is 11.0. The van der Waals surface area contributed by atoms with Gasteiger partial charge in [0.05, 0.1) is 23.9 Å². The molecule has 0 radical (unpaired) electrons. The van der Waals surface area contributed by atoms with Gasteiger partial charge < -0.3 is 40.1 Å². The van der Waals surface area contributed by atoms with Crippen LogP contribution < -0.4 is 0 Å². The number of aliphatic hydroxyl groups excluding tert-OH is 4. The lowest BCUT2D eigenvalue weighted by Gasteiger charge is -2.42. The second-order valence-corrected chi connectivity index (χ2v) is 8.66. The Hall–Kier alpha value is -0.840. The average molecular weight is 419 g/mol. The van der Waals surface area contributed by atoms with Crippen molar-refractivity contribution >= 4 is 0 Å². The van der Waals surface area contributed by atoms with E-state index >= 15 is 0 Å². The van der Waals surface area contributed by atoms with E-state index in [1.165, 1.54) is 6.08 Å². The Labute approximate surface area is 173 Å². The standard InChI is InChI=1S/C21H38O8/c1-6-21(5,27)11-7-8-13(2)9-10-15(20(3,4)26)29-19-18(25)17(24)16(23)14(12-22)28-19/h6,8,14-19,22-27H,1,7,9-12H2,2-5H3/b13-8-/t14-,15-,16-,17+,18-,19+,21-/m1/s1. The smallest absolute Gasteiger partial charge is 0.187 e. The average Bonchev–Trinajstić information content (AvgIpc) is 2.63. The zero-order valence-corrected chi connectivity index (χ0v) is 17.9. The third kappa shape index (κ3) is 8.07. The van der Waals surface area contributed by atoms with E-state index in [0.717, 1.165) is 5.57 Å². The lowest BCUT2D eigenvalue weighted by Crippen LogP contribution is -2.60. The monoisotopic (exact) mass is 418 g/mol. The molecule has 1 saturated heterocycles. The van der Waals surface area contributed by atoms with E-state index in [1.807, 2.05) is 13.0 Å². The van der Waals surface area contributed by atoms with Crippen molar-refractivity contribution in [3.63, 3.8) is 0 Å². The Bertz CT molecular complexity index is 537. The molecule has 0 amide bonds. The molecule has 6 N–H and O–H groups in total. The molecule has 0 aromatic heterocycles. The maximum absolute atomic E-state index is 10.5. The highest BCUT2D eigenvalue weighted by Gasteiger charge is 2.46. The molecule has 0 aliphatic carbocycles. The van der Waals surface area contributed by atoms with Crippen LogP contribution in [-0.4, -0.2) is 85.3 Å². The molecule has 0 unspecified atom stereocenters. The van der Waals surface area contributed by atoms with Gasteiger partial charge in [0, 0.05) is 0 Å². The van der Waals surface area contributed by atoms with Gasteiger partial charge in [-0.2, -0.15) is 0 Å². The van der Waals surface area contributed by atoms with Gasteiger partial charge in [-0.05, 0) is 53.4 Å². The Morgan fingerprint density at radius 3 is 2.28 bits per heavy atom. The molecular weight excluding hydrogens is 380 g/mol. The summed E-state index contributed by atoms with van der Waals surface area (Å²) < 4.78 is 11.1. The summed E-state index contributed by atoms with van der Waals surface area (Å²) in [6.07, 6.45) is -1.87. The summed E-state index contributed by atoms with van der Waals surface area (Å²) in [7, 11) is 0. The van der Waals surface area contributed by atoms with Crippen LogP contribution in [0.1, 0.15) is 53.4 Å². The molecule has 0 spiro atoms. The lowest BCUT2D eigenvalue weighted by molar-refractivity contribution is -0.322. The van der Waals surface area contributed by atoms with E-state index in [-0.39, 0.29) is 0 Å². The van der Waals surface area contributed by atoms with E-state index in [9.17, 15) is 30.6 Å². The molecule has 0 aromatic rings. The van der Waals surface area contributed by atoms with Crippen LogP contribution in [0.4, 0.5) is 0 Å². The summed E-state index contributed by atoms with van der Waals surface area (Å²) in [6.45, 7) is 9.84. The molecule has 1 aliphatic rings. The third-order valence-electron chi connectivity index (χ3n) is 5.32. The molecule has 8 heteroatoms. The maximum atomic E-state index is 10.5. The van der Waals surface area contributed by atoms with Crippen molar-refractivity contribution in [3.05, 3.63) is 24.3 Å². The highest BCUT2D eigenvalue weighted by Crippen LogP contribution is 2.28. The van der Waals surface area contributed by atoms with Gasteiger partial charge in [-0.1, -0.05) is 17.7 Å². The molecular formula is C21H38O8. The van der Waals surface area contributed by atoms with Gasteiger partial charge in [0.1, 0.15) is 24.4 Å². The quantitative estimate of drug-likeness (QED) is 0.265. The SMILES string of the molecule is C=C[C@@](C)(O)CC/C=C(/C)CC[C@@H](O[C@@H]1O[C@H](CO)[C@@H](O)[C@H](O)[C@H]1O)C(C)(C)O. The van der Waals surface area contributed by atoms with E-state index in [4.69, 9.17) is 9.47 Å². The Morgan fingerprint density at radius 1 is 1.14 bits per heavy atom. The number of ether oxygens (including phenoxy) is 2. The van der Waals surface area contributed by atoms with Crippen LogP contribution in [0.5, 0.6) is 0 Å². The van der Waals surface area contributed by atoms with Crippen molar-refractivity contribution in [2.24, 2.45) is 0 Å². The normalized spacial score (nSPS) is 31.9. The summed E-state index contributed by atoms with van der Waals surface area (Å²) in [5.74, 6) is 0. The molecule has 1 aliphatic heterocycles. The molecule has 0 aromatic carbocycles. The minimum Gasteiger partial charge on any atom is -0.394 e. The Morgan fingerprint density at radius 2 is 1.76 bits per heavy atom. The molecule has 29 heavy (non-hydrogen) atoms. The topological polar surface area (TPSA) is 140 Å². The molecule has 1 heterocycles. The summed E-state index contributed by atoms with van der Waals surface area (Å²) in [6, 6.07) is 0. The van der Waals surface area contributed by atoms with E-state index < -0.39 is 54.6 Å². The van der Waals surface area contributed by atoms with E-state index in [0.29, 0.717) is 25.7 Å². The van der Waals surface area contributed by atoms with Crippen molar-refractivity contribution in [1.82, 2.24) is 0 Å². The van der Waals surface area contributed by atoms with Gasteiger partial charge in [0.2, 0.25) is 0 Å². The zero-order chi connectivity index (χ0) is 22.4. The summed E-state index contributed by atoms with van der Waals surface area (Å²) in [5.41, 5.74) is -1.12. The van der Waals surface area contributed by atoms with Crippen molar-refractivity contribution in [1.29, 1.82) is 0 Å². The first-order chi connectivity index (χ1) is 13.3. The number of allylic oxidation sites excluding steroid dienone is 2. The Balaban J connectivity index is 2.72. The van der Waals surface area contributed by atoms with Gasteiger partial charge in [-0.25, -0.2) is 0 Å². The summed E-state index contributed by atoms with van der Waals surface area (Å²) in [5, 5.41) is 59.7. The lowest BCUT2D eigenvalue weighted by atomic mass is 9.94. The van der Waals surface area contributed by atoms with Crippen molar-refractivity contribution < 1.29 is 40.1 Å². The van der Waals surface area contributed by atoms with Crippen molar-refractivity contribution in [2.45, 2.75) is 101 Å². The maximum Gasteiger partial charge on any atom is 0.187 e. The number of rotatable bonds is 11. The number of hydrogen-bond acceptors (Lipinski definition) is 8. The molecule has 0 saturated carbocycles. The predicted octanol–water partition coefficient (Wildman–Crippen LogP) is 0.386. The van der Waals surface area contributed by atoms with Crippen molar-refractivity contribution in [3.8, 4) is 0 Å². The summed E-state index contributed by atoms with van der Waals surface area (Å²) >= 11 is 0. The van der Waals surface area contributed by atoms with Gasteiger partial charge >= 0.3 is 0 Å². The van der Waals surface area contributed by atoms with Gasteiger partial charge in [-0.3, -0.25) is 0 Å². The minimum absolute atomic E-state index is 0.415. The number of aliphatic hydroxyl groups is 6. The van der Waals surface area contributed by atoms with Crippen LogP contribution in [0.2, 0.25) is 0 Å². The molecule has 1 fully saturated rings. The fourth-order valence-corrected chi connectivity index (χ4v) is 3.10. The molecule has 170 valence electrons. The fraction of sp³-hybridized carbons (Fsp3) is 0.810. The van der Waals surface area contributed by atoms with Crippen LogP contribution >= 0.6 is 0 Å². The van der Waals surface area contributed by atoms with E-state index in [2.05, 4.69) is 6.58 Å². The highest BCUT2D eigenvalue weighted by molar-refractivity contribution is 5.02. The molecule has 8 nitrogen and oxygen atoms in total. The highest BCUT2D eigenvalue weighted by atomic mass is 16.7.